The van der Waals surface area contributed by atoms with Crippen molar-refractivity contribution in [2.24, 2.45) is 0 Å². The van der Waals surface area contributed by atoms with Gasteiger partial charge in [-0.3, -0.25) is 0 Å². The second kappa shape index (κ2) is 3.33. The molecule has 70 valence electrons. The topological polar surface area (TPSA) is 62.2 Å². The predicted molar refractivity (Wildman–Crippen MR) is 50.3 cm³/mol. The van der Waals surface area contributed by atoms with Crippen molar-refractivity contribution < 1.29 is 9.90 Å². The summed E-state index contributed by atoms with van der Waals surface area (Å²) in [5.74, 6) is -0.955. The van der Waals surface area contributed by atoms with Crippen LogP contribution in [-0.2, 0) is 0 Å². The van der Waals surface area contributed by atoms with E-state index >= 15 is 0 Å². The molecule has 13 heavy (non-hydrogen) atoms. The van der Waals surface area contributed by atoms with Crippen molar-refractivity contribution in [3.63, 3.8) is 0 Å². The van der Waals surface area contributed by atoms with Gasteiger partial charge in [-0.25, -0.2) is 9.78 Å². The molecule has 1 fully saturated rings. The van der Waals surface area contributed by atoms with Crippen molar-refractivity contribution >= 4 is 22.3 Å². The first kappa shape index (κ1) is 8.50. The van der Waals surface area contributed by atoms with Gasteiger partial charge in [-0.1, -0.05) is 0 Å². The lowest BCUT2D eigenvalue weighted by atomic mass is 9.93. The number of nitrogens with zero attached hydrogens (tertiary/aromatic N) is 1. The Hall–Kier alpha value is -1.10. The van der Waals surface area contributed by atoms with Gasteiger partial charge in [0.05, 0.1) is 5.51 Å². The van der Waals surface area contributed by atoms with E-state index in [1.54, 1.807) is 5.51 Å². The van der Waals surface area contributed by atoms with Crippen LogP contribution in [0.5, 0.6) is 0 Å². The minimum Gasteiger partial charge on any atom is -0.476 e. The quantitative estimate of drug-likeness (QED) is 0.777. The van der Waals surface area contributed by atoms with Gasteiger partial charge in [-0.15, -0.1) is 11.3 Å². The Labute approximate surface area is 79.6 Å². The molecule has 0 aromatic carbocycles. The third-order valence-corrected chi connectivity index (χ3v) is 2.97. The minimum atomic E-state index is -0.955. The molecule has 1 aromatic rings. The van der Waals surface area contributed by atoms with Gasteiger partial charge >= 0.3 is 5.97 Å². The number of hydrogen-bond acceptors (Lipinski definition) is 4. The third kappa shape index (κ3) is 1.65. The number of anilines is 1. The first-order chi connectivity index (χ1) is 6.27. The first-order valence-corrected chi connectivity index (χ1v) is 5.08. The Morgan fingerprint density at radius 2 is 2.46 bits per heavy atom. The number of aromatic nitrogens is 1. The van der Waals surface area contributed by atoms with Crippen LogP contribution in [0.1, 0.15) is 29.8 Å². The largest absolute Gasteiger partial charge is 0.476 e. The van der Waals surface area contributed by atoms with Gasteiger partial charge in [0.1, 0.15) is 5.00 Å². The van der Waals surface area contributed by atoms with Gasteiger partial charge in [-0.2, -0.15) is 0 Å². The highest BCUT2D eigenvalue weighted by Crippen LogP contribution is 2.27. The Morgan fingerprint density at radius 1 is 1.69 bits per heavy atom. The molecule has 0 unspecified atom stereocenters. The molecule has 2 rings (SSSR count). The molecule has 1 heterocycles. The smallest absolute Gasteiger partial charge is 0.357 e. The van der Waals surface area contributed by atoms with Gasteiger partial charge in [-0.05, 0) is 19.3 Å². The zero-order valence-corrected chi connectivity index (χ0v) is 7.80. The molecular weight excluding hydrogens is 188 g/mol. The highest BCUT2D eigenvalue weighted by Gasteiger charge is 2.21. The maximum Gasteiger partial charge on any atom is 0.357 e. The van der Waals surface area contributed by atoms with E-state index in [0.29, 0.717) is 11.0 Å². The predicted octanol–water partition coefficient (Wildman–Crippen LogP) is 1.81. The van der Waals surface area contributed by atoms with Crippen LogP contribution in [0.2, 0.25) is 0 Å². The lowest BCUT2D eigenvalue weighted by Crippen LogP contribution is -2.27. The summed E-state index contributed by atoms with van der Waals surface area (Å²) in [6.45, 7) is 0. The highest BCUT2D eigenvalue weighted by molar-refractivity contribution is 7.14. The zero-order chi connectivity index (χ0) is 9.26. The molecule has 0 atom stereocenters. The summed E-state index contributed by atoms with van der Waals surface area (Å²) in [5, 5.41) is 12.6. The second-order valence-electron chi connectivity index (χ2n) is 3.11. The van der Waals surface area contributed by atoms with E-state index in [9.17, 15) is 4.79 Å². The average molecular weight is 198 g/mol. The van der Waals surface area contributed by atoms with Crippen molar-refractivity contribution in [2.45, 2.75) is 25.3 Å². The maximum absolute atomic E-state index is 10.7. The lowest BCUT2D eigenvalue weighted by Gasteiger charge is -2.26. The average Bonchev–Trinajstić information content (AvgIpc) is 2.44. The Bertz CT molecular complexity index is 320. The fraction of sp³-hybridized carbons (Fsp3) is 0.500. The molecule has 2 N–H and O–H groups in total. The summed E-state index contributed by atoms with van der Waals surface area (Å²) in [6.07, 6.45) is 3.51. The van der Waals surface area contributed by atoms with Crippen LogP contribution in [0.15, 0.2) is 5.51 Å². The SMILES string of the molecule is O=C(O)c1ncsc1NC1CCC1. The molecule has 0 amide bonds. The van der Waals surface area contributed by atoms with Crippen LogP contribution in [0.3, 0.4) is 0 Å². The van der Waals surface area contributed by atoms with E-state index in [2.05, 4.69) is 10.3 Å². The van der Waals surface area contributed by atoms with Crippen LogP contribution in [-0.4, -0.2) is 22.1 Å². The molecule has 4 nitrogen and oxygen atoms in total. The zero-order valence-electron chi connectivity index (χ0n) is 6.99. The van der Waals surface area contributed by atoms with Crippen molar-refractivity contribution in [3.8, 4) is 0 Å². The molecule has 1 aliphatic rings. The lowest BCUT2D eigenvalue weighted by molar-refractivity contribution is 0.0692. The molecule has 0 saturated heterocycles. The fourth-order valence-electron chi connectivity index (χ4n) is 1.24. The number of hydrogen-bond donors (Lipinski definition) is 2. The molecule has 1 saturated carbocycles. The third-order valence-electron chi connectivity index (χ3n) is 2.21. The van der Waals surface area contributed by atoms with Gasteiger partial charge in [0.15, 0.2) is 5.69 Å². The molecule has 0 aliphatic heterocycles. The molecule has 1 aliphatic carbocycles. The highest BCUT2D eigenvalue weighted by atomic mass is 32.1. The summed E-state index contributed by atoms with van der Waals surface area (Å²) < 4.78 is 0. The van der Waals surface area contributed by atoms with Crippen LogP contribution in [0.4, 0.5) is 5.00 Å². The van der Waals surface area contributed by atoms with Crippen LogP contribution in [0, 0.1) is 0 Å². The Kier molecular flexibility index (Phi) is 2.18. The Balaban J connectivity index is 2.09. The number of carboxylic acid groups (broad SMARTS) is 1. The number of nitrogens with one attached hydrogen (secondary N) is 1. The number of rotatable bonds is 3. The second-order valence-corrected chi connectivity index (χ2v) is 3.96. The van der Waals surface area contributed by atoms with Gasteiger partial charge in [0, 0.05) is 6.04 Å². The van der Waals surface area contributed by atoms with Crippen molar-refractivity contribution in [2.75, 3.05) is 5.32 Å². The number of carbonyl (C=O) groups is 1. The minimum absolute atomic E-state index is 0.150. The van der Waals surface area contributed by atoms with E-state index in [1.165, 1.54) is 17.8 Å². The van der Waals surface area contributed by atoms with Crippen molar-refractivity contribution in [1.29, 1.82) is 0 Å². The molecule has 0 radical (unpaired) electrons. The normalized spacial score (nSPS) is 16.6. The standard InChI is InChI=1S/C8H10N2O2S/c11-8(12)6-7(13-4-9-6)10-5-2-1-3-5/h4-5,10H,1-3H2,(H,11,12). The van der Waals surface area contributed by atoms with Crippen molar-refractivity contribution in [1.82, 2.24) is 4.98 Å². The number of aromatic carboxylic acids is 1. The molecule has 0 spiro atoms. The van der Waals surface area contributed by atoms with E-state index < -0.39 is 5.97 Å². The van der Waals surface area contributed by atoms with E-state index in [4.69, 9.17) is 5.11 Å². The van der Waals surface area contributed by atoms with E-state index in [1.807, 2.05) is 0 Å². The summed E-state index contributed by atoms with van der Waals surface area (Å²) in [6, 6.07) is 0.457. The summed E-state index contributed by atoms with van der Waals surface area (Å²) >= 11 is 1.35. The number of thiazole rings is 1. The number of carboxylic acids is 1. The maximum atomic E-state index is 10.7. The van der Waals surface area contributed by atoms with E-state index in [0.717, 1.165) is 12.8 Å². The van der Waals surface area contributed by atoms with Gasteiger partial charge < -0.3 is 10.4 Å². The van der Waals surface area contributed by atoms with E-state index in [-0.39, 0.29) is 5.69 Å². The molecule has 1 aromatic heterocycles. The Morgan fingerprint density at radius 3 is 3.00 bits per heavy atom. The monoisotopic (exact) mass is 198 g/mol. The summed E-state index contributed by atoms with van der Waals surface area (Å²) in [4.78, 5) is 14.5. The van der Waals surface area contributed by atoms with Gasteiger partial charge in [0.25, 0.3) is 0 Å². The van der Waals surface area contributed by atoms with Crippen LogP contribution >= 0.6 is 11.3 Å². The summed E-state index contributed by atoms with van der Waals surface area (Å²) in [7, 11) is 0. The van der Waals surface area contributed by atoms with Gasteiger partial charge in [0.2, 0.25) is 0 Å². The summed E-state index contributed by atoms with van der Waals surface area (Å²) in [5.41, 5.74) is 1.71. The van der Waals surface area contributed by atoms with Crippen LogP contribution < -0.4 is 5.32 Å². The fourth-order valence-corrected chi connectivity index (χ4v) is 1.99. The first-order valence-electron chi connectivity index (χ1n) is 4.20. The molecular formula is C8H10N2O2S. The molecule has 5 heteroatoms. The molecule has 0 bridgehead atoms. The van der Waals surface area contributed by atoms with Crippen molar-refractivity contribution in [3.05, 3.63) is 11.2 Å². The van der Waals surface area contributed by atoms with Crippen LogP contribution in [0.25, 0.3) is 0 Å².